The predicted octanol–water partition coefficient (Wildman–Crippen LogP) is 2.57. The van der Waals surface area contributed by atoms with Crippen molar-refractivity contribution in [3.8, 4) is 0 Å². The molecule has 2 aliphatic carbocycles. The molecule has 3 fully saturated rings. The Balaban J connectivity index is 1.76. The minimum absolute atomic E-state index is 0.259. The number of ether oxygens (including phenoxy) is 2. The van der Waals surface area contributed by atoms with Gasteiger partial charge in [0.25, 0.3) is 0 Å². The molecule has 3 rings (SSSR count). The van der Waals surface area contributed by atoms with Gasteiger partial charge >= 0.3 is 0 Å². The molecule has 5 atom stereocenters. The topological polar surface area (TPSA) is 18.5 Å². The van der Waals surface area contributed by atoms with Crippen molar-refractivity contribution in [1.82, 2.24) is 0 Å². The summed E-state index contributed by atoms with van der Waals surface area (Å²) in [5.41, 5.74) is 0. The highest BCUT2D eigenvalue weighted by molar-refractivity contribution is 5.03. The minimum atomic E-state index is -0.259. The number of hydrogen-bond acceptors (Lipinski definition) is 2. The van der Waals surface area contributed by atoms with Crippen molar-refractivity contribution in [3.05, 3.63) is 0 Å². The Kier molecular flexibility index (Phi) is 1.94. The summed E-state index contributed by atoms with van der Waals surface area (Å²) in [5, 5.41) is 0. The third kappa shape index (κ3) is 1.17. The fraction of sp³-hybridized carbons (Fsp3) is 1.00. The van der Waals surface area contributed by atoms with Crippen LogP contribution in [0.4, 0.5) is 0 Å². The molecule has 0 aromatic heterocycles. The molecule has 1 saturated heterocycles. The van der Waals surface area contributed by atoms with Gasteiger partial charge in [-0.1, -0.05) is 0 Å². The zero-order valence-electron chi connectivity index (χ0n) is 9.16. The lowest BCUT2D eigenvalue weighted by Crippen LogP contribution is -2.30. The second-order valence-corrected chi connectivity index (χ2v) is 5.35. The summed E-state index contributed by atoms with van der Waals surface area (Å²) in [6.45, 7) is 4.94. The number of rotatable bonds is 2. The molecule has 2 bridgehead atoms. The Morgan fingerprint density at radius 2 is 2.14 bits per heavy atom. The van der Waals surface area contributed by atoms with Crippen LogP contribution in [0.15, 0.2) is 0 Å². The molecule has 80 valence electrons. The minimum Gasteiger partial charge on any atom is -0.350 e. The fourth-order valence-corrected chi connectivity index (χ4v) is 3.99. The molecule has 2 nitrogen and oxygen atoms in total. The van der Waals surface area contributed by atoms with Gasteiger partial charge in [0.05, 0.1) is 6.10 Å². The van der Waals surface area contributed by atoms with Gasteiger partial charge < -0.3 is 9.47 Å². The highest BCUT2D eigenvalue weighted by Crippen LogP contribution is 2.57. The maximum atomic E-state index is 6.12. The monoisotopic (exact) mass is 196 g/mol. The van der Waals surface area contributed by atoms with E-state index in [1.807, 2.05) is 0 Å². The molecule has 0 radical (unpaired) electrons. The van der Waals surface area contributed by atoms with Crippen molar-refractivity contribution in [1.29, 1.82) is 0 Å². The first-order chi connectivity index (χ1) is 6.72. The zero-order valence-corrected chi connectivity index (χ0v) is 9.16. The summed E-state index contributed by atoms with van der Waals surface area (Å²) in [4.78, 5) is 0. The second kappa shape index (κ2) is 2.96. The Labute approximate surface area is 86.0 Å². The van der Waals surface area contributed by atoms with Crippen molar-refractivity contribution in [3.63, 3.8) is 0 Å². The molecular formula is C12H20O2. The summed E-state index contributed by atoms with van der Waals surface area (Å²) in [6.07, 6.45) is 5.93. The molecule has 14 heavy (non-hydrogen) atoms. The Hall–Kier alpha value is -0.0800. The van der Waals surface area contributed by atoms with Gasteiger partial charge in [-0.15, -0.1) is 0 Å². The highest BCUT2D eigenvalue weighted by atomic mass is 16.7. The van der Waals surface area contributed by atoms with Crippen LogP contribution < -0.4 is 0 Å². The molecule has 1 heterocycles. The molecular weight excluding hydrogens is 176 g/mol. The van der Waals surface area contributed by atoms with Crippen LogP contribution in [-0.4, -0.2) is 18.5 Å². The molecule has 0 aromatic rings. The van der Waals surface area contributed by atoms with Crippen LogP contribution in [0.5, 0.6) is 0 Å². The van der Waals surface area contributed by atoms with E-state index < -0.39 is 0 Å². The van der Waals surface area contributed by atoms with Gasteiger partial charge in [-0.3, -0.25) is 0 Å². The standard InChI is InChI=1S/C12H20O2/c1-3-13-12(2)7-10-8-4-5-9(6-8)11(10)14-12/h8-11H,3-7H2,1-2H3. The predicted molar refractivity (Wildman–Crippen MR) is 53.8 cm³/mol. The van der Waals surface area contributed by atoms with Crippen molar-refractivity contribution in [2.45, 2.75) is 51.4 Å². The molecule has 0 aromatic carbocycles. The molecule has 0 N–H and O–H groups in total. The molecule has 2 heteroatoms. The van der Waals surface area contributed by atoms with E-state index in [2.05, 4.69) is 13.8 Å². The summed E-state index contributed by atoms with van der Waals surface area (Å²) in [6, 6.07) is 0. The van der Waals surface area contributed by atoms with Gasteiger partial charge in [0.15, 0.2) is 5.79 Å². The SMILES string of the molecule is CCOC1(C)CC2C3CCC(C3)C2O1. The van der Waals surface area contributed by atoms with E-state index in [0.29, 0.717) is 6.10 Å². The van der Waals surface area contributed by atoms with Gasteiger partial charge in [-0.25, -0.2) is 0 Å². The van der Waals surface area contributed by atoms with Crippen LogP contribution in [-0.2, 0) is 9.47 Å². The maximum Gasteiger partial charge on any atom is 0.166 e. The van der Waals surface area contributed by atoms with Crippen LogP contribution in [0.3, 0.4) is 0 Å². The Morgan fingerprint density at radius 3 is 2.86 bits per heavy atom. The average molecular weight is 196 g/mol. The van der Waals surface area contributed by atoms with Crippen LogP contribution in [0.1, 0.15) is 39.5 Å². The lowest BCUT2D eigenvalue weighted by molar-refractivity contribution is -0.218. The number of fused-ring (bicyclic) bond motifs is 5. The van der Waals surface area contributed by atoms with Gasteiger partial charge in [0.2, 0.25) is 0 Å². The van der Waals surface area contributed by atoms with Crippen LogP contribution in [0, 0.1) is 17.8 Å². The van der Waals surface area contributed by atoms with Crippen molar-refractivity contribution in [2.75, 3.05) is 6.61 Å². The Bertz CT molecular complexity index is 220. The molecule has 5 unspecified atom stereocenters. The smallest absolute Gasteiger partial charge is 0.166 e. The number of hydrogen-bond donors (Lipinski definition) is 0. The van der Waals surface area contributed by atoms with E-state index in [4.69, 9.17) is 9.47 Å². The lowest BCUT2D eigenvalue weighted by atomic mass is 9.85. The molecule has 1 aliphatic heterocycles. The van der Waals surface area contributed by atoms with Gasteiger partial charge in [0, 0.05) is 13.0 Å². The van der Waals surface area contributed by atoms with Crippen molar-refractivity contribution >= 4 is 0 Å². The Morgan fingerprint density at radius 1 is 1.36 bits per heavy atom. The third-order valence-corrected chi connectivity index (χ3v) is 4.45. The quantitative estimate of drug-likeness (QED) is 0.676. The van der Waals surface area contributed by atoms with Crippen molar-refractivity contribution < 1.29 is 9.47 Å². The van der Waals surface area contributed by atoms with Gasteiger partial charge in [-0.05, 0) is 50.9 Å². The first-order valence-electron chi connectivity index (χ1n) is 6.03. The van der Waals surface area contributed by atoms with Crippen molar-refractivity contribution in [2.24, 2.45) is 17.8 Å². The summed E-state index contributed by atoms with van der Waals surface area (Å²) >= 11 is 0. The zero-order chi connectivity index (χ0) is 9.76. The maximum absolute atomic E-state index is 6.12. The van der Waals surface area contributed by atoms with E-state index in [-0.39, 0.29) is 5.79 Å². The van der Waals surface area contributed by atoms with E-state index in [9.17, 15) is 0 Å². The molecule has 0 amide bonds. The van der Waals surface area contributed by atoms with E-state index in [1.54, 1.807) is 0 Å². The first-order valence-corrected chi connectivity index (χ1v) is 6.03. The lowest BCUT2D eigenvalue weighted by Gasteiger charge is -2.26. The molecule has 0 spiro atoms. The van der Waals surface area contributed by atoms with Crippen LogP contribution >= 0.6 is 0 Å². The average Bonchev–Trinajstić information content (AvgIpc) is 2.73. The fourth-order valence-electron chi connectivity index (χ4n) is 3.99. The van der Waals surface area contributed by atoms with E-state index >= 15 is 0 Å². The highest BCUT2D eigenvalue weighted by Gasteiger charge is 2.56. The summed E-state index contributed by atoms with van der Waals surface area (Å²) in [7, 11) is 0. The largest absolute Gasteiger partial charge is 0.350 e. The summed E-state index contributed by atoms with van der Waals surface area (Å²) < 4.78 is 11.9. The second-order valence-electron chi connectivity index (χ2n) is 5.35. The van der Waals surface area contributed by atoms with Gasteiger partial charge in [-0.2, -0.15) is 0 Å². The summed E-state index contributed by atoms with van der Waals surface area (Å²) in [5.74, 6) is 2.36. The van der Waals surface area contributed by atoms with Crippen LogP contribution in [0.25, 0.3) is 0 Å². The van der Waals surface area contributed by atoms with E-state index in [0.717, 1.165) is 30.8 Å². The normalized spacial score (nSPS) is 55.3. The van der Waals surface area contributed by atoms with Gasteiger partial charge in [0.1, 0.15) is 0 Å². The van der Waals surface area contributed by atoms with E-state index in [1.165, 1.54) is 19.3 Å². The third-order valence-electron chi connectivity index (χ3n) is 4.45. The van der Waals surface area contributed by atoms with Crippen LogP contribution in [0.2, 0.25) is 0 Å². The first kappa shape index (κ1) is 9.17. The molecule has 3 aliphatic rings. The molecule has 2 saturated carbocycles.